The van der Waals surface area contributed by atoms with E-state index >= 15 is 0 Å². The van der Waals surface area contributed by atoms with Gasteiger partial charge in [-0.2, -0.15) is 0 Å². The first-order valence-corrected chi connectivity index (χ1v) is 9.08. The first kappa shape index (κ1) is 15.9. The maximum absolute atomic E-state index is 12.5. The lowest BCUT2D eigenvalue weighted by Crippen LogP contribution is -2.59. The Bertz CT molecular complexity index is 653. The van der Waals surface area contributed by atoms with E-state index in [4.69, 9.17) is 9.47 Å². The number of phenols is 1. The molecule has 3 aliphatic rings. The van der Waals surface area contributed by atoms with Gasteiger partial charge in [-0.25, -0.2) is 0 Å². The summed E-state index contributed by atoms with van der Waals surface area (Å²) in [5.41, 5.74) is 1.05. The van der Waals surface area contributed by atoms with Gasteiger partial charge in [0.25, 0.3) is 0 Å². The van der Waals surface area contributed by atoms with E-state index in [9.17, 15) is 9.90 Å². The Morgan fingerprint density at radius 2 is 2.12 bits per heavy atom. The highest BCUT2D eigenvalue weighted by atomic mass is 16.5. The van der Waals surface area contributed by atoms with Gasteiger partial charge in [-0.3, -0.25) is 9.69 Å². The number of carbonyl (C=O) groups excluding carboxylic acids is 1. The summed E-state index contributed by atoms with van der Waals surface area (Å²) in [6.07, 6.45) is 4.62. The number of fused-ring (bicyclic) bond motifs is 3. The summed E-state index contributed by atoms with van der Waals surface area (Å²) in [7, 11) is 0. The van der Waals surface area contributed by atoms with Crippen LogP contribution in [-0.4, -0.2) is 47.8 Å². The van der Waals surface area contributed by atoms with Crippen LogP contribution in [0.4, 0.5) is 0 Å². The van der Waals surface area contributed by atoms with Crippen LogP contribution in [0.2, 0.25) is 0 Å². The monoisotopic (exact) mass is 331 g/mol. The Balaban J connectivity index is 1.82. The normalized spacial score (nSPS) is 29.6. The van der Waals surface area contributed by atoms with E-state index in [1.807, 2.05) is 13.0 Å². The summed E-state index contributed by atoms with van der Waals surface area (Å²) in [6.45, 7) is 4.99. The minimum absolute atomic E-state index is 0.00343. The molecule has 4 rings (SSSR count). The van der Waals surface area contributed by atoms with Gasteiger partial charge in [0.15, 0.2) is 11.5 Å². The maximum atomic E-state index is 12.5. The molecule has 2 aliphatic heterocycles. The lowest BCUT2D eigenvalue weighted by molar-refractivity contribution is -0.139. The zero-order valence-corrected chi connectivity index (χ0v) is 14.2. The molecule has 24 heavy (non-hydrogen) atoms. The number of carbonyl (C=O) groups is 1. The molecule has 1 aromatic rings. The molecule has 0 spiro atoms. The maximum Gasteiger partial charge on any atom is 0.170 e. The lowest BCUT2D eigenvalue weighted by atomic mass is 9.75. The van der Waals surface area contributed by atoms with Crippen molar-refractivity contribution >= 4 is 5.78 Å². The number of aromatic hydroxyl groups is 1. The topological polar surface area (TPSA) is 59.0 Å². The second-order valence-electron chi connectivity index (χ2n) is 6.99. The van der Waals surface area contributed by atoms with E-state index in [1.54, 1.807) is 6.07 Å². The number of morpholine rings is 1. The number of phenolic OH excluding ortho intramolecular Hbond substituents is 1. The van der Waals surface area contributed by atoms with Crippen molar-refractivity contribution in [1.29, 1.82) is 0 Å². The number of Topliss-reactive ketones (excluding diaryl/α,β-unsaturated/α-hetero) is 1. The number of benzene rings is 1. The first-order chi connectivity index (χ1) is 11.7. The summed E-state index contributed by atoms with van der Waals surface area (Å²) in [4.78, 5) is 14.9. The van der Waals surface area contributed by atoms with Crippen LogP contribution < -0.4 is 4.74 Å². The molecule has 0 aromatic heterocycles. The Kier molecular flexibility index (Phi) is 4.01. The summed E-state index contributed by atoms with van der Waals surface area (Å²) in [5.74, 6) is 1.02. The van der Waals surface area contributed by atoms with Gasteiger partial charge in [0, 0.05) is 37.4 Å². The quantitative estimate of drug-likeness (QED) is 0.863. The lowest BCUT2D eigenvalue weighted by Gasteiger charge is -2.48. The number of ether oxygens (including phenoxy) is 2. The zero-order valence-electron chi connectivity index (χ0n) is 14.2. The molecule has 2 atom stereocenters. The molecule has 1 saturated heterocycles. The Labute approximate surface area is 142 Å². The predicted octanol–water partition coefficient (Wildman–Crippen LogP) is 3.06. The van der Waals surface area contributed by atoms with Crippen LogP contribution in [0.5, 0.6) is 11.5 Å². The minimum atomic E-state index is -0.374. The van der Waals surface area contributed by atoms with Crippen molar-refractivity contribution in [3.8, 4) is 11.5 Å². The Morgan fingerprint density at radius 3 is 2.88 bits per heavy atom. The molecule has 130 valence electrons. The molecule has 1 N–H and O–H groups in total. The molecule has 0 radical (unpaired) electrons. The average molecular weight is 331 g/mol. The zero-order chi connectivity index (χ0) is 16.7. The van der Waals surface area contributed by atoms with Crippen LogP contribution in [0.3, 0.4) is 0 Å². The number of nitrogens with zero attached hydrogens (tertiary/aromatic N) is 1. The van der Waals surface area contributed by atoms with Gasteiger partial charge in [-0.15, -0.1) is 0 Å². The molecule has 2 heterocycles. The second-order valence-corrected chi connectivity index (χ2v) is 6.99. The van der Waals surface area contributed by atoms with E-state index in [0.717, 1.165) is 63.3 Å². The first-order valence-electron chi connectivity index (χ1n) is 9.08. The summed E-state index contributed by atoms with van der Waals surface area (Å²) >= 11 is 0. The molecule has 1 saturated carbocycles. The van der Waals surface area contributed by atoms with E-state index in [1.165, 1.54) is 0 Å². The van der Waals surface area contributed by atoms with Crippen molar-refractivity contribution in [3.63, 3.8) is 0 Å². The number of rotatable bonds is 3. The molecule has 5 nitrogen and oxygen atoms in total. The van der Waals surface area contributed by atoms with Crippen LogP contribution in [-0.2, 0) is 4.74 Å². The van der Waals surface area contributed by atoms with Gasteiger partial charge in [0.05, 0.1) is 18.8 Å². The van der Waals surface area contributed by atoms with Gasteiger partial charge in [0.2, 0.25) is 0 Å². The molecule has 5 heteroatoms. The standard InChI is InChI=1S/C19H25NO4/c1-2-14(21)18-15(22)6-7-16-17(18)13-5-3-4-8-19(13,24-16)20-9-11-23-12-10-20/h6-7,13,22H,2-5,8-12H2,1H3/t13-,19+/m1/s1. The van der Waals surface area contributed by atoms with Gasteiger partial charge in [-0.05, 0) is 25.0 Å². The summed E-state index contributed by atoms with van der Waals surface area (Å²) < 4.78 is 12.1. The van der Waals surface area contributed by atoms with E-state index < -0.39 is 0 Å². The van der Waals surface area contributed by atoms with Gasteiger partial charge < -0.3 is 14.6 Å². The second kappa shape index (κ2) is 6.05. The van der Waals surface area contributed by atoms with Crippen LogP contribution in [0.15, 0.2) is 12.1 Å². The highest BCUT2D eigenvalue weighted by molar-refractivity contribution is 6.01. The predicted molar refractivity (Wildman–Crippen MR) is 89.7 cm³/mol. The van der Waals surface area contributed by atoms with E-state index in [0.29, 0.717) is 12.0 Å². The third-order valence-corrected chi connectivity index (χ3v) is 5.79. The Hall–Kier alpha value is -1.59. The molecule has 1 aliphatic carbocycles. The third-order valence-electron chi connectivity index (χ3n) is 5.79. The van der Waals surface area contributed by atoms with Gasteiger partial charge in [0.1, 0.15) is 11.5 Å². The van der Waals surface area contributed by atoms with Gasteiger partial charge in [-0.1, -0.05) is 13.3 Å². The summed E-state index contributed by atoms with van der Waals surface area (Å²) in [6, 6.07) is 3.43. The summed E-state index contributed by atoms with van der Waals surface area (Å²) in [5, 5.41) is 10.4. The number of hydrogen-bond donors (Lipinski definition) is 1. The van der Waals surface area contributed by atoms with E-state index in [-0.39, 0.29) is 23.2 Å². The fraction of sp³-hybridized carbons (Fsp3) is 0.632. The van der Waals surface area contributed by atoms with Crippen LogP contribution in [0, 0.1) is 0 Å². The van der Waals surface area contributed by atoms with Crippen molar-refractivity contribution in [2.45, 2.75) is 50.7 Å². The number of hydrogen-bond acceptors (Lipinski definition) is 5. The van der Waals surface area contributed by atoms with Crippen molar-refractivity contribution in [2.24, 2.45) is 0 Å². The fourth-order valence-electron chi connectivity index (χ4n) is 4.69. The molecular formula is C19H25NO4. The minimum Gasteiger partial charge on any atom is -0.507 e. The molecule has 0 amide bonds. The highest BCUT2D eigenvalue weighted by Gasteiger charge is 2.55. The van der Waals surface area contributed by atoms with Crippen LogP contribution >= 0.6 is 0 Å². The average Bonchev–Trinajstić information content (AvgIpc) is 2.97. The van der Waals surface area contributed by atoms with Gasteiger partial charge >= 0.3 is 0 Å². The van der Waals surface area contributed by atoms with Crippen LogP contribution in [0.1, 0.15) is 60.9 Å². The molecular weight excluding hydrogens is 306 g/mol. The van der Waals surface area contributed by atoms with Crippen LogP contribution in [0.25, 0.3) is 0 Å². The number of ketones is 1. The molecule has 1 aromatic carbocycles. The van der Waals surface area contributed by atoms with Crippen molar-refractivity contribution in [2.75, 3.05) is 26.3 Å². The molecule has 0 bridgehead atoms. The van der Waals surface area contributed by atoms with Crippen molar-refractivity contribution in [1.82, 2.24) is 4.90 Å². The van der Waals surface area contributed by atoms with E-state index in [2.05, 4.69) is 4.90 Å². The molecule has 2 fully saturated rings. The largest absolute Gasteiger partial charge is 0.507 e. The SMILES string of the molecule is CCC(=O)c1c(O)ccc2c1[C@H]1CCCC[C@]1(N1CCOCC1)O2. The fourth-order valence-corrected chi connectivity index (χ4v) is 4.69. The van der Waals surface area contributed by atoms with Crippen molar-refractivity contribution < 1.29 is 19.4 Å². The third kappa shape index (κ3) is 2.25. The smallest absolute Gasteiger partial charge is 0.170 e. The highest BCUT2D eigenvalue weighted by Crippen LogP contribution is 2.56. The molecule has 0 unspecified atom stereocenters. The van der Waals surface area contributed by atoms with Crippen molar-refractivity contribution in [3.05, 3.63) is 23.3 Å². The Morgan fingerprint density at radius 1 is 1.33 bits per heavy atom.